The number of fused-ring (bicyclic) bond motifs is 1. The van der Waals surface area contributed by atoms with Gasteiger partial charge in [0.05, 0.1) is 16.5 Å². The van der Waals surface area contributed by atoms with E-state index in [2.05, 4.69) is 15.9 Å². The second-order valence-corrected chi connectivity index (χ2v) is 5.81. The Balaban J connectivity index is 2.03. The van der Waals surface area contributed by atoms with Crippen LogP contribution in [-0.4, -0.2) is 5.78 Å². The van der Waals surface area contributed by atoms with Gasteiger partial charge in [-0.3, -0.25) is 4.79 Å². The molecule has 0 saturated heterocycles. The summed E-state index contributed by atoms with van der Waals surface area (Å²) in [4.78, 5) is 12.2. The van der Waals surface area contributed by atoms with E-state index >= 15 is 0 Å². The molecule has 0 amide bonds. The number of hydrogen-bond acceptors (Lipinski definition) is 2. The van der Waals surface area contributed by atoms with E-state index in [4.69, 9.17) is 16.3 Å². The standard InChI is InChI=1S/C15H9BrClFO2/c16-11-3-1-2-10-13(19)7-14(20-15(10)11)9-5-4-8(17)6-12(9)18/h1-6,14H,7H2. The van der Waals surface area contributed by atoms with Crippen LogP contribution in [0.5, 0.6) is 5.75 Å². The molecule has 0 aliphatic carbocycles. The van der Waals surface area contributed by atoms with E-state index in [0.717, 1.165) is 0 Å². The summed E-state index contributed by atoms with van der Waals surface area (Å²) >= 11 is 9.08. The van der Waals surface area contributed by atoms with Gasteiger partial charge in [0, 0.05) is 10.6 Å². The molecule has 1 unspecified atom stereocenters. The van der Waals surface area contributed by atoms with Gasteiger partial charge in [-0.05, 0) is 40.2 Å². The Kier molecular flexibility index (Phi) is 3.52. The molecule has 0 saturated carbocycles. The second-order valence-electron chi connectivity index (χ2n) is 4.52. The quantitative estimate of drug-likeness (QED) is 0.723. The third kappa shape index (κ3) is 2.34. The van der Waals surface area contributed by atoms with Gasteiger partial charge in [0.15, 0.2) is 5.78 Å². The Hall–Kier alpha value is -1.39. The van der Waals surface area contributed by atoms with Crippen molar-refractivity contribution >= 4 is 33.3 Å². The lowest BCUT2D eigenvalue weighted by Crippen LogP contribution is -2.21. The maximum atomic E-state index is 14.0. The molecule has 5 heteroatoms. The molecule has 2 aromatic carbocycles. The highest BCUT2D eigenvalue weighted by atomic mass is 79.9. The minimum Gasteiger partial charge on any atom is -0.483 e. The zero-order valence-corrected chi connectivity index (χ0v) is 12.5. The number of para-hydroxylation sites is 1. The van der Waals surface area contributed by atoms with Gasteiger partial charge in [0.25, 0.3) is 0 Å². The molecule has 0 aromatic heterocycles. The lowest BCUT2D eigenvalue weighted by molar-refractivity contribution is 0.0844. The van der Waals surface area contributed by atoms with Crippen LogP contribution >= 0.6 is 27.5 Å². The van der Waals surface area contributed by atoms with Crippen molar-refractivity contribution in [3.05, 3.63) is 62.8 Å². The molecule has 0 N–H and O–H groups in total. The van der Waals surface area contributed by atoms with Gasteiger partial charge in [0.2, 0.25) is 0 Å². The van der Waals surface area contributed by atoms with Crippen molar-refractivity contribution in [3.63, 3.8) is 0 Å². The number of Topliss-reactive ketones (excluding diaryl/α,β-unsaturated/α-hetero) is 1. The number of ketones is 1. The number of carbonyl (C=O) groups excluding carboxylic acids is 1. The molecule has 0 bridgehead atoms. The highest BCUT2D eigenvalue weighted by molar-refractivity contribution is 9.10. The van der Waals surface area contributed by atoms with Crippen molar-refractivity contribution in [2.75, 3.05) is 0 Å². The second kappa shape index (κ2) is 5.19. The SMILES string of the molecule is O=C1CC(c2ccc(Cl)cc2F)Oc2c(Br)cccc21. The molecular formula is C15H9BrClFO2. The van der Waals surface area contributed by atoms with E-state index in [-0.39, 0.29) is 12.2 Å². The van der Waals surface area contributed by atoms with Crippen LogP contribution in [0, 0.1) is 5.82 Å². The van der Waals surface area contributed by atoms with Crippen molar-refractivity contribution in [1.82, 2.24) is 0 Å². The number of carbonyl (C=O) groups is 1. The molecule has 1 heterocycles. The zero-order valence-electron chi connectivity index (χ0n) is 10.2. The largest absolute Gasteiger partial charge is 0.483 e. The third-order valence-electron chi connectivity index (χ3n) is 3.21. The first-order valence-electron chi connectivity index (χ1n) is 5.99. The molecule has 0 fully saturated rings. The molecule has 102 valence electrons. The van der Waals surface area contributed by atoms with Crippen molar-refractivity contribution < 1.29 is 13.9 Å². The van der Waals surface area contributed by atoms with Gasteiger partial charge in [0.1, 0.15) is 17.7 Å². The summed E-state index contributed by atoms with van der Waals surface area (Å²) in [5.41, 5.74) is 0.856. The minimum atomic E-state index is -0.633. The van der Waals surface area contributed by atoms with Crippen LogP contribution in [0.1, 0.15) is 28.4 Å². The molecule has 3 rings (SSSR count). The Bertz CT molecular complexity index is 702. The zero-order chi connectivity index (χ0) is 14.3. The number of ether oxygens (including phenoxy) is 1. The average molecular weight is 356 g/mol. The molecule has 2 aromatic rings. The fourth-order valence-corrected chi connectivity index (χ4v) is 2.86. The summed E-state index contributed by atoms with van der Waals surface area (Å²) < 4.78 is 20.4. The van der Waals surface area contributed by atoms with Gasteiger partial charge in [-0.15, -0.1) is 0 Å². The molecule has 20 heavy (non-hydrogen) atoms. The Morgan fingerprint density at radius 2 is 2.10 bits per heavy atom. The average Bonchev–Trinajstić information content (AvgIpc) is 2.40. The van der Waals surface area contributed by atoms with Crippen LogP contribution in [0.4, 0.5) is 4.39 Å². The van der Waals surface area contributed by atoms with Crippen molar-refractivity contribution in [3.8, 4) is 5.75 Å². The number of hydrogen-bond donors (Lipinski definition) is 0. The Labute approximate surface area is 128 Å². The first kappa shape index (κ1) is 13.6. The summed E-state index contributed by atoms with van der Waals surface area (Å²) in [6.07, 6.45) is -0.520. The van der Waals surface area contributed by atoms with Crippen LogP contribution in [0.2, 0.25) is 5.02 Å². The van der Waals surface area contributed by atoms with E-state index in [1.54, 1.807) is 30.3 Å². The smallest absolute Gasteiger partial charge is 0.170 e. The number of benzene rings is 2. The third-order valence-corrected chi connectivity index (χ3v) is 4.07. The maximum absolute atomic E-state index is 14.0. The molecule has 2 nitrogen and oxygen atoms in total. The number of halogens is 3. The van der Waals surface area contributed by atoms with Gasteiger partial charge >= 0.3 is 0 Å². The molecule has 1 aliphatic rings. The monoisotopic (exact) mass is 354 g/mol. The fourth-order valence-electron chi connectivity index (χ4n) is 2.25. The Morgan fingerprint density at radius 1 is 1.30 bits per heavy atom. The first-order valence-corrected chi connectivity index (χ1v) is 7.16. The van der Waals surface area contributed by atoms with E-state index < -0.39 is 11.9 Å². The van der Waals surface area contributed by atoms with Crippen molar-refractivity contribution in [1.29, 1.82) is 0 Å². The van der Waals surface area contributed by atoms with E-state index in [0.29, 0.717) is 26.4 Å². The van der Waals surface area contributed by atoms with Gasteiger partial charge in [-0.1, -0.05) is 23.7 Å². The normalized spacial score (nSPS) is 17.6. The molecule has 0 radical (unpaired) electrons. The lowest BCUT2D eigenvalue weighted by atomic mass is 9.96. The van der Waals surface area contributed by atoms with Crippen LogP contribution in [0.15, 0.2) is 40.9 Å². The highest BCUT2D eigenvalue weighted by Gasteiger charge is 2.30. The molecular weight excluding hydrogens is 347 g/mol. The summed E-state index contributed by atoms with van der Waals surface area (Å²) in [7, 11) is 0. The van der Waals surface area contributed by atoms with Crippen molar-refractivity contribution in [2.45, 2.75) is 12.5 Å². The summed E-state index contributed by atoms with van der Waals surface area (Å²) in [5, 5.41) is 0.315. The van der Waals surface area contributed by atoms with Crippen LogP contribution in [0.3, 0.4) is 0 Å². The molecule has 0 spiro atoms. The topological polar surface area (TPSA) is 26.3 Å². The Morgan fingerprint density at radius 3 is 2.85 bits per heavy atom. The van der Waals surface area contributed by atoms with Crippen molar-refractivity contribution in [2.24, 2.45) is 0 Å². The fraction of sp³-hybridized carbons (Fsp3) is 0.133. The van der Waals surface area contributed by atoms with E-state index in [1.807, 2.05) is 0 Å². The summed E-state index contributed by atoms with van der Waals surface area (Å²) in [6.45, 7) is 0. The predicted octanol–water partition coefficient (Wildman–Crippen LogP) is 4.95. The minimum absolute atomic E-state index is 0.0631. The first-order chi connectivity index (χ1) is 9.56. The van der Waals surface area contributed by atoms with Crippen LogP contribution < -0.4 is 4.74 Å². The van der Waals surface area contributed by atoms with Crippen LogP contribution in [-0.2, 0) is 0 Å². The lowest BCUT2D eigenvalue weighted by Gasteiger charge is -2.26. The van der Waals surface area contributed by atoms with Gasteiger partial charge < -0.3 is 4.74 Å². The van der Waals surface area contributed by atoms with Gasteiger partial charge in [-0.2, -0.15) is 0 Å². The van der Waals surface area contributed by atoms with Gasteiger partial charge in [-0.25, -0.2) is 4.39 Å². The predicted molar refractivity (Wildman–Crippen MR) is 77.9 cm³/mol. The molecule has 1 atom stereocenters. The van der Waals surface area contributed by atoms with E-state index in [9.17, 15) is 9.18 Å². The van der Waals surface area contributed by atoms with Crippen LogP contribution in [0.25, 0.3) is 0 Å². The van der Waals surface area contributed by atoms with E-state index in [1.165, 1.54) is 6.07 Å². The highest BCUT2D eigenvalue weighted by Crippen LogP contribution is 2.40. The molecule has 1 aliphatic heterocycles. The summed E-state index contributed by atoms with van der Waals surface area (Å²) in [6, 6.07) is 9.62. The maximum Gasteiger partial charge on any atom is 0.170 e. The summed E-state index contributed by atoms with van der Waals surface area (Å²) in [5.74, 6) is -0.0687. The number of rotatable bonds is 1.